The van der Waals surface area contributed by atoms with Gasteiger partial charge in [0.05, 0.1) is 17.8 Å². The minimum atomic E-state index is 0.329. The van der Waals surface area contributed by atoms with Crippen LogP contribution in [0.15, 0.2) is 24.5 Å². The van der Waals surface area contributed by atoms with Crippen molar-refractivity contribution in [3.8, 4) is 6.07 Å². The molecule has 3 aromatic rings. The summed E-state index contributed by atoms with van der Waals surface area (Å²) in [6.07, 6.45) is 8.64. The molecule has 9 heteroatoms. The number of nitriles is 1. The van der Waals surface area contributed by atoms with Gasteiger partial charge in [-0.25, -0.2) is 4.98 Å². The molecule has 30 heavy (non-hydrogen) atoms. The van der Waals surface area contributed by atoms with Crippen molar-refractivity contribution in [2.75, 3.05) is 17.2 Å². The number of nitrogens with zero attached hydrogens (tertiary/aromatic N) is 6. The first-order chi connectivity index (χ1) is 14.7. The first-order valence-electron chi connectivity index (χ1n) is 10.5. The summed E-state index contributed by atoms with van der Waals surface area (Å²) in [6.45, 7) is 2.85. The Balaban J connectivity index is 1.37. The van der Waals surface area contributed by atoms with Gasteiger partial charge >= 0.3 is 0 Å². The van der Waals surface area contributed by atoms with E-state index in [0.717, 1.165) is 41.8 Å². The number of hydrogen-bond acceptors (Lipinski definition) is 8. The van der Waals surface area contributed by atoms with Crippen LogP contribution in [-0.2, 0) is 0 Å². The molecule has 2 saturated heterocycles. The van der Waals surface area contributed by atoms with E-state index < -0.39 is 0 Å². The molecule has 2 atom stereocenters. The van der Waals surface area contributed by atoms with Gasteiger partial charge in [0, 0.05) is 54.4 Å². The van der Waals surface area contributed by atoms with Crippen LogP contribution < -0.4 is 10.6 Å². The van der Waals surface area contributed by atoms with Crippen molar-refractivity contribution < 1.29 is 0 Å². The molecule has 2 bridgehead atoms. The molecule has 0 radical (unpaired) electrons. The number of nitrogens with one attached hydrogen (secondary N) is 3. The van der Waals surface area contributed by atoms with Gasteiger partial charge in [-0.1, -0.05) is 0 Å². The third-order valence-corrected chi connectivity index (χ3v) is 6.15. The molecule has 2 aliphatic heterocycles. The molecule has 2 unspecified atom stereocenters. The summed E-state index contributed by atoms with van der Waals surface area (Å²) in [5, 5.41) is 23.9. The Morgan fingerprint density at radius 2 is 2.10 bits per heavy atom. The maximum absolute atomic E-state index is 8.93. The lowest BCUT2D eigenvalue weighted by Gasteiger charge is -2.38. The van der Waals surface area contributed by atoms with E-state index in [-0.39, 0.29) is 0 Å². The summed E-state index contributed by atoms with van der Waals surface area (Å²) in [5.74, 6) is 2.05. The van der Waals surface area contributed by atoms with Gasteiger partial charge in [-0.2, -0.15) is 15.3 Å². The highest BCUT2D eigenvalue weighted by atomic mass is 15.3. The van der Waals surface area contributed by atoms with Crippen molar-refractivity contribution in [1.29, 1.82) is 5.26 Å². The molecule has 5 heterocycles. The minimum Gasteiger partial charge on any atom is -0.351 e. The highest BCUT2D eigenvalue weighted by Gasteiger charge is 2.40. The highest BCUT2D eigenvalue weighted by molar-refractivity contribution is 5.90. The van der Waals surface area contributed by atoms with Crippen LogP contribution in [0, 0.1) is 18.3 Å². The van der Waals surface area contributed by atoms with Crippen LogP contribution in [0.4, 0.5) is 17.6 Å². The Morgan fingerprint density at radius 3 is 2.83 bits per heavy atom. The molecule has 154 valence electrons. The van der Waals surface area contributed by atoms with E-state index in [0.29, 0.717) is 36.3 Å². The lowest BCUT2D eigenvalue weighted by molar-refractivity contribution is 0.135. The van der Waals surface area contributed by atoms with E-state index in [1.54, 1.807) is 12.4 Å². The van der Waals surface area contributed by atoms with Gasteiger partial charge in [-0.3, -0.25) is 15.0 Å². The number of fused-ring (bicyclic) bond motifs is 3. The predicted molar refractivity (Wildman–Crippen MR) is 114 cm³/mol. The number of aryl methyl sites for hydroxylation is 1. The summed E-state index contributed by atoms with van der Waals surface area (Å²) in [7, 11) is 0. The number of anilines is 3. The number of hydrogen-bond donors (Lipinski definition) is 3. The van der Waals surface area contributed by atoms with Gasteiger partial charge in [-0.05, 0) is 38.7 Å². The number of aromatic nitrogens is 5. The summed E-state index contributed by atoms with van der Waals surface area (Å²) < 4.78 is 0. The van der Waals surface area contributed by atoms with E-state index in [9.17, 15) is 0 Å². The molecule has 0 saturated carbocycles. The van der Waals surface area contributed by atoms with Crippen LogP contribution in [0.1, 0.15) is 37.8 Å². The predicted octanol–water partition coefficient (Wildman–Crippen LogP) is 3.12. The standard InChI is InChI=1S/C21H25N9/c1-13-9-19(29-28-13)26-20-17-5-7-23-12-18(17)25-21(27-20)24-14-10-15-3-4-16(11-14)30(15)8-2-6-22/h5,7,9,12,14-16H,2-4,8,10-11H2,1H3,(H3,24,25,26,27,28,29). The highest BCUT2D eigenvalue weighted by Crippen LogP contribution is 2.37. The summed E-state index contributed by atoms with van der Waals surface area (Å²) in [6, 6.07) is 7.55. The van der Waals surface area contributed by atoms with Gasteiger partial charge in [0.2, 0.25) is 5.95 Å². The average molecular weight is 403 g/mol. The molecule has 0 spiro atoms. The molecule has 0 aliphatic carbocycles. The number of pyridine rings is 1. The monoisotopic (exact) mass is 403 g/mol. The second kappa shape index (κ2) is 7.88. The van der Waals surface area contributed by atoms with Crippen LogP contribution in [0.5, 0.6) is 0 Å². The van der Waals surface area contributed by atoms with Gasteiger partial charge < -0.3 is 10.6 Å². The zero-order valence-corrected chi connectivity index (χ0v) is 17.0. The molecule has 5 rings (SSSR count). The topological polar surface area (TPSA) is 118 Å². The SMILES string of the molecule is Cc1cc(Nc2nc(NC3CC4CCC(C3)N4CCC#N)nc3cnccc23)n[nH]1. The number of aromatic amines is 1. The molecule has 9 nitrogen and oxygen atoms in total. The van der Waals surface area contributed by atoms with E-state index in [2.05, 4.69) is 36.8 Å². The maximum Gasteiger partial charge on any atom is 0.225 e. The van der Waals surface area contributed by atoms with Crippen LogP contribution in [0.25, 0.3) is 10.9 Å². The second-order valence-corrected chi connectivity index (χ2v) is 8.19. The van der Waals surface area contributed by atoms with Crippen molar-refractivity contribution in [1.82, 2.24) is 30.0 Å². The summed E-state index contributed by atoms with van der Waals surface area (Å²) in [5.41, 5.74) is 1.77. The average Bonchev–Trinajstić information content (AvgIpc) is 3.25. The quantitative estimate of drug-likeness (QED) is 0.574. The van der Waals surface area contributed by atoms with Crippen molar-refractivity contribution in [3.05, 3.63) is 30.2 Å². The molecule has 3 N–H and O–H groups in total. The number of H-pyrrole nitrogens is 1. The lowest BCUT2D eigenvalue weighted by atomic mass is 9.97. The van der Waals surface area contributed by atoms with Crippen LogP contribution in [-0.4, -0.2) is 54.7 Å². The second-order valence-electron chi connectivity index (χ2n) is 8.19. The molecule has 0 amide bonds. The van der Waals surface area contributed by atoms with Crippen molar-refractivity contribution in [3.63, 3.8) is 0 Å². The zero-order valence-electron chi connectivity index (χ0n) is 17.0. The van der Waals surface area contributed by atoms with Gasteiger partial charge in [-0.15, -0.1) is 0 Å². The van der Waals surface area contributed by atoms with Gasteiger partial charge in [0.1, 0.15) is 5.82 Å². The summed E-state index contributed by atoms with van der Waals surface area (Å²) >= 11 is 0. The molecule has 3 aromatic heterocycles. The van der Waals surface area contributed by atoms with Crippen molar-refractivity contribution in [2.45, 2.75) is 57.2 Å². The largest absolute Gasteiger partial charge is 0.351 e. The van der Waals surface area contributed by atoms with Crippen LogP contribution in [0.2, 0.25) is 0 Å². The smallest absolute Gasteiger partial charge is 0.225 e. The normalized spacial score (nSPS) is 23.4. The van der Waals surface area contributed by atoms with Crippen LogP contribution >= 0.6 is 0 Å². The number of piperidine rings is 1. The fourth-order valence-electron chi connectivity index (χ4n) is 4.86. The van der Waals surface area contributed by atoms with E-state index in [1.165, 1.54) is 12.8 Å². The fourth-order valence-corrected chi connectivity index (χ4v) is 4.86. The third-order valence-electron chi connectivity index (χ3n) is 6.15. The first-order valence-corrected chi connectivity index (χ1v) is 10.5. The third kappa shape index (κ3) is 3.66. The molecular weight excluding hydrogens is 378 g/mol. The van der Waals surface area contributed by atoms with E-state index in [1.807, 2.05) is 19.1 Å². The Morgan fingerprint density at radius 1 is 1.27 bits per heavy atom. The van der Waals surface area contributed by atoms with Crippen molar-refractivity contribution >= 4 is 28.5 Å². The molecule has 2 fully saturated rings. The van der Waals surface area contributed by atoms with E-state index in [4.69, 9.17) is 15.2 Å². The van der Waals surface area contributed by atoms with Crippen molar-refractivity contribution in [2.24, 2.45) is 0 Å². The Kier molecular flexibility index (Phi) is 4.93. The Hall–Kier alpha value is -3.25. The summed E-state index contributed by atoms with van der Waals surface area (Å²) in [4.78, 5) is 16.2. The fraction of sp³-hybridized carbons (Fsp3) is 0.476. The molecule has 2 aliphatic rings. The Bertz CT molecular complexity index is 1070. The lowest BCUT2D eigenvalue weighted by Crippen LogP contribution is -2.47. The molecule has 0 aromatic carbocycles. The minimum absolute atomic E-state index is 0.329. The van der Waals surface area contributed by atoms with Gasteiger partial charge in [0.25, 0.3) is 0 Å². The zero-order chi connectivity index (χ0) is 20.5. The molecular formula is C21H25N9. The Labute approximate surface area is 174 Å². The van der Waals surface area contributed by atoms with E-state index >= 15 is 0 Å². The van der Waals surface area contributed by atoms with Crippen LogP contribution in [0.3, 0.4) is 0 Å². The number of rotatable bonds is 6. The maximum atomic E-state index is 8.93. The van der Waals surface area contributed by atoms with Gasteiger partial charge in [0.15, 0.2) is 5.82 Å². The first kappa shape index (κ1) is 18.8.